The topological polar surface area (TPSA) is 64.6 Å². The van der Waals surface area contributed by atoms with Crippen LogP contribution in [0.2, 0.25) is 10.0 Å². The van der Waals surface area contributed by atoms with Crippen molar-refractivity contribution in [2.24, 2.45) is 5.92 Å². The van der Waals surface area contributed by atoms with E-state index in [9.17, 15) is 9.59 Å². The van der Waals surface area contributed by atoms with Gasteiger partial charge < -0.3 is 14.8 Å². The first-order chi connectivity index (χ1) is 10.4. The van der Waals surface area contributed by atoms with Crippen LogP contribution in [0.25, 0.3) is 0 Å². The number of halogens is 2. The number of ether oxygens (including phenoxy) is 2. The third-order valence-corrected chi connectivity index (χ3v) is 3.78. The fraction of sp³-hybridized carbons (Fsp3) is 0.467. The van der Waals surface area contributed by atoms with Gasteiger partial charge in [0.25, 0.3) is 5.91 Å². The van der Waals surface area contributed by atoms with E-state index >= 15 is 0 Å². The summed E-state index contributed by atoms with van der Waals surface area (Å²) in [5.41, 5.74) is 0. The molecule has 1 rings (SSSR count). The van der Waals surface area contributed by atoms with E-state index in [0.717, 1.165) is 6.42 Å². The second kappa shape index (κ2) is 8.86. The lowest BCUT2D eigenvalue weighted by molar-refractivity contribution is -0.146. The van der Waals surface area contributed by atoms with Crippen molar-refractivity contribution in [3.8, 4) is 5.75 Å². The molecule has 2 unspecified atom stereocenters. The molecule has 7 heteroatoms. The first-order valence-electron chi connectivity index (χ1n) is 6.84. The molecule has 0 fully saturated rings. The molecule has 0 bridgehead atoms. The van der Waals surface area contributed by atoms with Crippen molar-refractivity contribution in [2.45, 2.75) is 26.3 Å². The number of esters is 1. The van der Waals surface area contributed by atoms with Crippen molar-refractivity contribution in [3.05, 3.63) is 28.2 Å². The van der Waals surface area contributed by atoms with Crippen molar-refractivity contribution in [1.82, 2.24) is 5.32 Å². The first-order valence-corrected chi connectivity index (χ1v) is 7.59. The van der Waals surface area contributed by atoms with Crippen LogP contribution in [0.15, 0.2) is 18.2 Å². The zero-order chi connectivity index (χ0) is 16.7. The molecule has 0 spiro atoms. The van der Waals surface area contributed by atoms with Gasteiger partial charge in [-0.25, -0.2) is 4.79 Å². The van der Waals surface area contributed by atoms with Gasteiger partial charge in [0, 0.05) is 11.1 Å². The first kappa shape index (κ1) is 18.6. The van der Waals surface area contributed by atoms with Crippen LogP contribution in [0.4, 0.5) is 0 Å². The molecule has 0 aliphatic rings. The summed E-state index contributed by atoms with van der Waals surface area (Å²) in [6.45, 7) is 3.51. The monoisotopic (exact) mass is 347 g/mol. The Morgan fingerprint density at radius 1 is 1.32 bits per heavy atom. The highest BCUT2D eigenvalue weighted by Crippen LogP contribution is 2.27. The highest BCUT2D eigenvalue weighted by atomic mass is 35.5. The van der Waals surface area contributed by atoms with E-state index in [0.29, 0.717) is 15.8 Å². The summed E-state index contributed by atoms with van der Waals surface area (Å²) in [6.07, 6.45) is 0.723. The Kier molecular flexibility index (Phi) is 7.48. The molecule has 0 radical (unpaired) electrons. The maximum Gasteiger partial charge on any atom is 0.328 e. The van der Waals surface area contributed by atoms with E-state index in [1.807, 2.05) is 13.8 Å². The van der Waals surface area contributed by atoms with Gasteiger partial charge in [-0.05, 0) is 18.1 Å². The van der Waals surface area contributed by atoms with Crippen molar-refractivity contribution < 1.29 is 19.1 Å². The fourth-order valence-corrected chi connectivity index (χ4v) is 2.08. The molecular formula is C15H19Cl2NO4. The average Bonchev–Trinajstić information content (AvgIpc) is 2.51. The molecule has 122 valence electrons. The van der Waals surface area contributed by atoms with Crippen molar-refractivity contribution in [1.29, 1.82) is 0 Å². The van der Waals surface area contributed by atoms with Gasteiger partial charge in [0.2, 0.25) is 0 Å². The minimum atomic E-state index is -0.707. The lowest BCUT2D eigenvalue weighted by atomic mass is 9.99. The Labute approximate surface area is 139 Å². The number of nitrogens with one attached hydrogen (secondary N) is 1. The van der Waals surface area contributed by atoms with Crippen LogP contribution >= 0.6 is 23.2 Å². The summed E-state index contributed by atoms with van der Waals surface area (Å²) in [6, 6.07) is 4.01. The molecule has 1 aromatic carbocycles. The quantitative estimate of drug-likeness (QED) is 0.769. The molecule has 0 aliphatic carbocycles. The number of carbonyl (C=O) groups excluding carboxylic acids is 2. The van der Waals surface area contributed by atoms with Gasteiger partial charge in [-0.1, -0.05) is 43.5 Å². The maximum atomic E-state index is 11.9. The molecule has 2 atom stereocenters. The van der Waals surface area contributed by atoms with Crippen LogP contribution in [-0.4, -0.2) is 31.6 Å². The lowest BCUT2D eigenvalue weighted by Crippen LogP contribution is -2.47. The molecule has 0 saturated heterocycles. The summed E-state index contributed by atoms with van der Waals surface area (Å²) >= 11 is 11.8. The number of carbonyl (C=O) groups is 2. The van der Waals surface area contributed by atoms with E-state index in [1.165, 1.54) is 13.2 Å². The Hall–Kier alpha value is -1.46. The van der Waals surface area contributed by atoms with E-state index in [2.05, 4.69) is 5.32 Å². The summed E-state index contributed by atoms with van der Waals surface area (Å²) in [7, 11) is 1.28. The third-order valence-electron chi connectivity index (χ3n) is 3.24. The second-order valence-corrected chi connectivity index (χ2v) is 5.66. The van der Waals surface area contributed by atoms with Crippen LogP contribution < -0.4 is 10.1 Å². The van der Waals surface area contributed by atoms with Crippen molar-refractivity contribution >= 4 is 35.1 Å². The fourth-order valence-electron chi connectivity index (χ4n) is 1.74. The molecular weight excluding hydrogens is 329 g/mol. The van der Waals surface area contributed by atoms with Gasteiger partial charge in [-0.15, -0.1) is 0 Å². The smallest absolute Gasteiger partial charge is 0.328 e. The minimum Gasteiger partial charge on any atom is -0.482 e. The van der Waals surface area contributed by atoms with Crippen LogP contribution in [-0.2, 0) is 14.3 Å². The largest absolute Gasteiger partial charge is 0.482 e. The summed E-state index contributed by atoms with van der Waals surface area (Å²) < 4.78 is 10.0. The molecule has 0 saturated carbocycles. The van der Waals surface area contributed by atoms with E-state index < -0.39 is 17.9 Å². The van der Waals surface area contributed by atoms with Gasteiger partial charge in [-0.2, -0.15) is 0 Å². The van der Waals surface area contributed by atoms with Gasteiger partial charge in [0.15, 0.2) is 6.61 Å². The SMILES string of the molecule is CCC(C)C(NC(=O)COc1cc(Cl)ccc1Cl)C(=O)OC. The number of methoxy groups -OCH3 is 1. The Morgan fingerprint density at radius 3 is 2.59 bits per heavy atom. The van der Waals surface area contributed by atoms with E-state index in [-0.39, 0.29) is 12.5 Å². The van der Waals surface area contributed by atoms with Crippen LogP contribution in [0.1, 0.15) is 20.3 Å². The predicted molar refractivity (Wildman–Crippen MR) is 85.4 cm³/mol. The number of hydrogen-bond acceptors (Lipinski definition) is 4. The molecule has 1 amide bonds. The zero-order valence-electron chi connectivity index (χ0n) is 12.7. The molecule has 22 heavy (non-hydrogen) atoms. The predicted octanol–water partition coefficient (Wildman–Crippen LogP) is 3.08. The molecule has 0 aliphatic heterocycles. The van der Waals surface area contributed by atoms with Gasteiger partial charge in [0.05, 0.1) is 12.1 Å². The third kappa shape index (κ3) is 5.39. The van der Waals surface area contributed by atoms with E-state index in [4.69, 9.17) is 32.7 Å². The summed E-state index contributed by atoms with van der Waals surface area (Å²) in [5.74, 6) is -0.663. The Bertz CT molecular complexity index is 536. The highest BCUT2D eigenvalue weighted by Gasteiger charge is 2.26. The highest BCUT2D eigenvalue weighted by molar-refractivity contribution is 6.34. The standard InChI is InChI=1S/C15H19Cl2NO4/c1-4-9(2)14(15(20)21-3)18-13(19)8-22-12-7-10(16)5-6-11(12)17/h5-7,9,14H,4,8H2,1-3H3,(H,18,19). The molecule has 5 nitrogen and oxygen atoms in total. The number of amides is 1. The van der Waals surface area contributed by atoms with E-state index in [1.54, 1.807) is 12.1 Å². The number of benzene rings is 1. The second-order valence-electron chi connectivity index (χ2n) is 4.82. The van der Waals surface area contributed by atoms with Crippen LogP contribution in [0, 0.1) is 5.92 Å². The minimum absolute atomic E-state index is 0.0499. The molecule has 0 heterocycles. The normalized spacial score (nSPS) is 13.1. The summed E-state index contributed by atoms with van der Waals surface area (Å²) in [4.78, 5) is 23.6. The van der Waals surface area contributed by atoms with Crippen LogP contribution in [0.5, 0.6) is 5.75 Å². The molecule has 0 aromatic heterocycles. The Morgan fingerprint density at radius 2 is 2.00 bits per heavy atom. The van der Waals surface area contributed by atoms with Gasteiger partial charge in [-0.3, -0.25) is 4.79 Å². The molecule has 1 aromatic rings. The van der Waals surface area contributed by atoms with Crippen LogP contribution in [0.3, 0.4) is 0 Å². The molecule has 1 N–H and O–H groups in total. The van der Waals surface area contributed by atoms with Crippen molar-refractivity contribution in [3.63, 3.8) is 0 Å². The number of rotatable bonds is 7. The lowest BCUT2D eigenvalue weighted by Gasteiger charge is -2.21. The Balaban J connectivity index is 2.64. The van der Waals surface area contributed by atoms with Gasteiger partial charge >= 0.3 is 5.97 Å². The van der Waals surface area contributed by atoms with Gasteiger partial charge in [0.1, 0.15) is 11.8 Å². The van der Waals surface area contributed by atoms with Crippen molar-refractivity contribution in [2.75, 3.05) is 13.7 Å². The maximum absolute atomic E-state index is 11.9. The average molecular weight is 348 g/mol. The summed E-state index contributed by atoms with van der Waals surface area (Å²) in [5, 5.41) is 3.41. The zero-order valence-corrected chi connectivity index (χ0v) is 14.2. The number of hydrogen-bond donors (Lipinski definition) is 1.